The normalized spacial score (nSPS) is 36.5. The third-order valence-corrected chi connectivity index (χ3v) is 4.02. The number of hydrogen-bond acceptors (Lipinski definition) is 3. The maximum atomic E-state index is 12.1. The van der Waals surface area contributed by atoms with Gasteiger partial charge in [0.1, 0.15) is 12.2 Å². The van der Waals surface area contributed by atoms with Crippen molar-refractivity contribution in [3.8, 4) is 0 Å². The van der Waals surface area contributed by atoms with E-state index in [9.17, 15) is 9.90 Å². The average Bonchev–Trinajstić information content (AvgIpc) is 2.91. The number of rotatable bonds is 0. The Bertz CT molecular complexity index is 568. The molecule has 1 spiro atoms. The summed E-state index contributed by atoms with van der Waals surface area (Å²) < 4.78 is 5.94. The first kappa shape index (κ1) is 10.3. The van der Waals surface area contributed by atoms with Crippen LogP contribution < -0.4 is 4.90 Å². The molecule has 3 aliphatic heterocycles. The Kier molecular flexibility index (Phi) is 1.84. The van der Waals surface area contributed by atoms with E-state index in [0.29, 0.717) is 12.8 Å². The van der Waals surface area contributed by atoms with E-state index in [2.05, 4.69) is 0 Å². The maximum Gasteiger partial charge on any atom is 0.229 e. The fourth-order valence-electron chi connectivity index (χ4n) is 3.18. The number of aliphatic hydroxyl groups excluding tert-OH is 1. The van der Waals surface area contributed by atoms with E-state index in [-0.39, 0.29) is 12.0 Å². The predicted octanol–water partition coefficient (Wildman–Crippen LogP) is 1.51. The van der Waals surface area contributed by atoms with Gasteiger partial charge in [-0.25, -0.2) is 0 Å². The highest BCUT2D eigenvalue weighted by Crippen LogP contribution is 2.48. The van der Waals surface area contributed by atoms with Crippen molar-refractivity contribution in [2.24, 2.45) is 0 Å². The average molecular weight is 243 g/mol. The topological polar surface area (TPSA) is 49.8 Å². The number of anilines is 1. The summed E-state index contributed by atoms with van der Waals surface area (Å²) in [5.74, 6) is 0.0573. The van der Waals surface area contributed by atoms with E-state index in [0.717, 1.165) is 11.3 Å². The molecule has 4 heteroatoms. The minimum atomic E-state index is -0.713. The Morgan fingerprint density at radius 1 is 1.39 bits per heavy atom. The zero-order valence-corrected chi connectivity index (χ0v) is 9.74. The van der Waals surface area contributed by atoms with Crippen LogP contribution in [0.2, 0.25) is 0 Å². The Hall–Kier alpha value is -1.65. The standard InChI is InChI=1S/C14H13NO3/c16-12-6-8-14-7-5-11(18-14)13(17)9-3-1-2-4-10(9)15(12)14/h1-5,7,11,13,17H,6,8H2/t11-,13+,14-/m0/s1. The molecule has 4 nitrogen and oxygen atoms in total. The number of ether oxygens (including phenoxy) is 1. The Labute approximate surface area is 104 Å². The molecular formula is C14H13NO3. The number of hydrogen-bond donors (Lipinski definition) is 1. The second-order valence-corrected chi connectivity index (χ2v) is 5.02. The number of aliphatic hydroxyl groups is 1. The molecule has 0 aromatic heterocycles. The van der Waals surface area contributed by atoms with Crippen molar-refractivity contribution in [2.45, 2.75) is 30.8 Å². The van der Waals surface area contributed by atoms with Crippen molar-refractivity contribution in [3.63, 3.8) is 0 Å². The molecule has 0 aliphatic carbocycles. The largest absolute Gasteiger partial charge is 0.385 e. The van der Waals surface area contributed by atoms with E-state index >= 15 is 0 Å². The van der Waals surface area contributed by atoms with E-state index in [1.807, 2.05) is 36.4 Å². The van der Waals surface area contributed by atoms with Gasteiger partial charge < -0.3 is 9.84 Å². The van der Waals surface area contributed by atoms with Crippen molar-refractivity contribution < 1.29 is 14.6 Å². The van der Waals surface area contributed by atoms with E-state index < -0.39 is 11.8 Å². The minimum absolute atomic E-state index is 0.0573. The van der Waals surface area contributed by atoms with Gasteiger partial charge in [0.05, 0.1) is 5.69 Å². The first-order chi connectivity index (χ1) is 8.71. The molecule has 1 amide bonds. The Morgan fingerprint density at radius 2 is 2.22 bits per heavy atom. The van der Waals surface area contributed by atoms with Crippen molar-refractivity contribution in [3.05, 3.63) is 42.0 Å². The van der Waals surface area contributed by atoms with E-state index in [4.69, 9.17) is 4.74 Å². The number of para-hydroxylation sites is 1. The van der Waals surface area contributed by atoms with Crippen LogP contribution in [-0.2, 0) is 9.53 Å². The number of benzene rings is 1. The highest BCUT2D eigenvalue weighted by atomic mass is 16.5. The van der Waals surface area contributed by atoms with Crippen LogP contribution in [-0.4, -0.2) is 22.8 Å². The van der Waals surface area contributed by atoms with Crippen LogP contribution in [0.5, 0.6) is 0 Å². The molecule has 0 saturated carbocycles. The lowest BCUT2D eigenvalue weighted by molar-refractivity contribution is -0.119. The quantitative estimate of drug-likeness (QED) is 0.703. The number of nitrogens with zero attached hydrogens (tertiary/aromatic N) is 1. The number of fused-ring (bicyclic) bond motifs is 3. The lowest BCUT2D eigenvalue weighted by Gasteiger charge is -2.32. The summed E-state index contributed by atoms with van der Waals surface area (Å²) in [4.78, 5) is 13.8. The van der Waals surface area contributed by atoms with Gasteiger partial charge in [-0.05, 0) is 12.1 Å². The molecule has 0 unspecified atom stereocenters. The first-order valence-electron chi connectivity index (χ1n) is 6.18. The summed E-state index contributed by atoms with van der Waals surface area (Å²) in [7, 11) is 0. The first-order valence-corrected chi connectivity index (χ1v) is 6.18. The Morgan fingerprint density at radius 3 is 3.11 bits per heavy atom. The molecule has 1 saturated heterocycles. The second-order valence-electron chi connectivity index (χ2n) is 5.02. The van der Waals surface area contributed by atoms with Gasteiger partial charge >= 0.3 is 0 Å². The van der Waals surface area contributed by atoms with Gasteiger partial charge in [0.25, 0.3) is 0 Å². The summed E-state index contributed by atoms with van der Waals surface area (Å²) in [6.07, 6.45) is 3.85. The third-order valence-electron chi connectivity index (χ3n) is 4.02. The number of amides is 1. The van der Waals surface area contributed by atoms with Crippen molar-refractivity contribution in [2.75, 3.05) is 4.90 Å². The molecule has 92 valence electrons. The molecule has 3 atom stereocenters. The van der Waals surface area contributed by atoms with Crippen LogP contribution in [0.25, 0.3) is 0 Å². The van der Waals surface area contributed by atoms with Gasteiger partial charge in [-0.2, -0.15) is 0 Å². The van der Waals surface area contributed by atoms with Crippen LogP contribution in [0.1, 0.15) is 24.5 Å². The lowest BCUT2D eigenvalue weighted by Crippen LogP contribution is -2.45. The van der Waals surface area contributed by atoms with Crippen LogP contribution in [0.4, 0.5) is 5.69 Å². The summed E-state index contributed by atoms with van der Waals surface area (Å²) in [5.41, 5.74) is 0.873. The maximum absolute atomic E-state index is 12.1. The second kappa shape index (κ2) is 3.22. The number of carbonyl (C=O) groups is 1. The molecule has 18 heavy (non-hydrogen) atoms. The highest BCUT2D eigenvalue weighted by molar-refractivity contribution is 5.98. The molecule has 1 N–H and O–H groups in total. The lowest BCUT2D eigenvalue weighted by atomic mass is 10.00. The van der Waals surface area contributed by atoms with Crippen molar-refractivity contribution in [1.29, 1.82) is 0 Å². The molecule has 2 bridgehead atoms. The van der Waals surface area contributed by atoms with Crippen molar-refractivity contribution >= 4 is 11.6 Å². The molecule has 1 aromatic carbocycles. The molecule has 3 heterocycles. The molecule has 4 rings (SSSR count). The van der Waals surface area contributed by atoms with E-state index in [1.54, 1.807) is 4.90 Å². The monoisotopic (exact) mass is 243 g/mol. The fourth-order valence-corrected chi connectivity index (χ4v) is 3.18. The summed E-state index contributed by atoms with van der Waals surface area (Å²) in [6, 6.07) is 7.49. The van der Waals surface area contributed by atoms with Gasteiger partial charge in [-0.1, -0.05) is 24.3 Å². The zero-order chi connectivity index (χ0) is 12.3. The van der Waals surface area contributed by atoms with Gasteiger partial charge in [-0.15, -0.1) is 0 Å². The number of carbonyl (C=O) groups excluding carboxylic acids is 1. The van der Waals surface area contributed by atoms with E-state index in [1.165, 1.54) is 0 Å². The molecule has 0 radical (unpaired) electrons. The summed E-state index contributed by atoms with van der Waals surface area (Å²) in [6.45, 7) is 0. The third kappa shape index (κ3) is 1.09. The smallest absolute Gasteiger partial charge is 0.229 e. The molecule has 3 aliphatic rings. The highest BCUT2D eigenvalue weighted by Gasteiger charge is 2.53. The van der Waals surface area contributed by atoms with Crippen molar-refractivity contribution in [1.82, 2.24) is 0 Å². The summed E-state index contributed by atoms with van der Waals surface area (Å²) in [5, 5.41) is 10.4. The molecule has 1 fully saturated rings. The van der Waals surface area contributed by atoms with Gasteiger partial charge in [-0.3, -0.25) is 9.69 Å². The fraction of sp³-hybridized carbons (Fsp3) is 0.357. The van der Waals surface area contributed by atoms with Crippen LogP contribution >= 0.6 is 0 Å². The summed E-state index contributed by atoms with van der Waals surface area (Å²) >= 11 is 0. The van der Waals surface area contributed by atoms with Gasteiger partial charge in [0.15, 0.2) is 5.72 Å². The predicted molar refractivity (Wildman–Crippen MR) is 64.9 cm³/mol. The van der Waals surface area contributed by atoms with Gasteiger partial charge in [0, 0.05) is 18.4 Å². The molecule has 1 aromatic rings. The minimum Gasteiger partial charge on any atom is -0.385 e. The zero-order valence-electron chi connectivity index (χ0n) is 9.74. The SMILES string of the molecule is O=C1CC[C@]23C=C[C@H](O2)[C@H](O)c2ccccc2N13. The van der Waals surface area contributed by atoms with Crippen LogP contribution in [0.3, 0.4) is 0 Å². The van der Waals surface area contributed by atoms with Gasteiger partial charge in [0.2, 0.25) is 5.91 Å². The molecular weight excluding hydrogens is 230 g/mol. The Balaban J connectivity index is 1.99. The van der Waals surface area contributed by atoms with Crippen LogP contribution in [0.15, 0.2) is 36.4 Å². The van der Waals surface area contributed by atoms with Crippen LogP contribution in [0, 0.1) is 0 Å².